The molecule has 28 heavy (non-hydrogen) atoms. The third-order valence-electron chi connectivity index (χ3n) is 4.45. The summed E-state index contributed by atoms with van der Waals surface area (Å²) in [5, 5.41) is 5.65. The summed E-state index contributed by atoms with van der Waals surface area (Å²) >= 11 is 0. The highest BCUT2D eigenvalue weighted by molar-refractivity contribution is 5.86. The van der Waals surface area contributed by atoms with Crippen LogP contribution in [0.1, 0.15) is 22.9 Å². The molecule has 2 aromatic rings. The number of methoxy groups -OCH3 is 2. The zero-order valence-corrected chi connectivity index (χ0v) is 16.0. The number of pyridine rings is 1. The summed E-state index contributed by atoms with van der Waals surface area (Å²) in [5.41, 5.74) is 2.49. The molecule has 0 bridgehead atoms. The fraction of sp³-hybridized carbons (Fsp3) is 0.350. The third-order valence-corrected chi connectivity index (χ3v) is 4.45. The summed E-state index contributed by atoms with van der Waals surface area (Å²) < 4.78 is 16.1. The highest BCUT2D eigenvalue weighted by Gasteiger charge is 2.36. The first-order chi connectivity index (χ1) is 13.5. The van der Waals surface area contributed by atoms with Gasteiger partial charge in [0.1, 0.15) is 6.61 Å². The van der Waals surface area contributed by atoms with Crippen molar-refractivity contribution >= 4 is 11.8 Å². The van der Waals surface area contributed by atoms with E-state index in [1.807, 2.05) is 19.1 Å². The SMILES string of the molecule is COc1ccc([C@H]2NC(=O)CO[C@@H]2C(=O)NCc2cc(C)ccn2)cc1OC. The van der Waals surface area contributed by atoms with Crippen molar-refractivity contribution in [3.8, 4) is 11.5 Å². The molecule has 2 N–H and O–H groups in total. The average Bonchev–Trinajstić information content (AvgIpc) is 2.71. The molecule has 1 saturated heterocycles. The molecule has 8 heteroatoms. The van der Waals surface area contributed by atoms with Gasteiger partial charge in [0.15, 0.2) is 17.6 Å². The molecule has 1 aliphatic rings. The van der Waals surface area contributed by atoms with Gasteiger partial charge in [0.05, 0.1) is 32.5 Å². The Morgan fingerprint density at radius 3 is 2.75 bits per heavy atom. The standard InChI is InChI=1S/C20H23N3O5/c1-12-6-7-21-14(8-12)10-22-20(25)19-18(23-17(24)11-28-19)13-4-5-15(26-2)16(9-13)27-3/h4-9,18-19H,10-11H2,1-3H3,(H,22,25)(H,23,24)/t18-,19+/m1/s1. The molecular formula is C20H23N3O5. The molecule has 0 aliphatic carbocycles. The van der Waals surface area contributed by atoms with Crippen molar-refractivity contribution in [2.24, 2.45) is 0 Å². The first kappa shape index (κ1) is 19.6. The largest absolute Gasteiger partial charge is 0.493 e. The normalized spacial score (nSPS) is 18.9. The molecule has 1 fully saturated rings. The number of rotatable bonds is 6. The summed E-state index contributed by atoms with van der Waals surface area (Å²) in [6, 6.07) is 8.35. The van der Waals surface area contributed by atoms with E-state index in [-0.39, 0.29) is 25.0 Å². The molecule has 1 aliphatic heterocycles. The van der Waals surface area contributed by atoms with Gasteiger partial charge in [0, 0.05) is 6.20 Å². The number of carbonyl (C=O) groups excluding carboxylic acids is 2. The van der Waals surface area contributed by atoms with E-state index in [1.165, 1.54) is 7.11 Å². The molecule has 2 amide bonds. The number of benzene rings is 1. The molecule has 0 unspecified atom stereocenters. The molecule has 0 spiro atoms. The van der Waals surface area contributed by atoms with Gasteiger partial charge in [-0.2, -0.15) is 0 Å². The minimum Gasteiger partial charge on any atom is -0.493 e. The topological polar surface area (TPSA) is 98.8 Å². The van der Waals surface area contributed by atoms with Crippen LogP contribution in [0.4, 0.5) is 0 Å². The van der Waals surface area contributed by atoms with Gasteiger partial charge in [-0.05, 0) is 42.3 Å². The number of morpholine rings is 1. The molecule has 2 heterocycles. The Bertz CT molecular complexity index is 871. The Labute approximate surface area is 163 Å². The predicted octanol–water partition coefficient (Wildman–Crippen LogP) is 1.28. The van der Waals surface area contributed by atoms with Gasteiger partial charge in [0.2, 0.25) is 5.91 Å². The maximum Gasteiger partial charge on any atom is 0.251 e. The molecule has 1 aromatic heterocycles. The maximum atomic E-state index is 12.8. The highest BCUT2D eigenvalue weighted by atomic mass is 16.5. The monoisotopic (exact) mass is 385 g/mol. The Hall–Kier alpha value is -3.13. The Morgan fingerprint density at radius 2 is 2.04 bits per heavy atom. The second-order valence-corrected chi connectivity index (χ2v) is 6.43. The van der Waals surface area contributed by atoms with E-state index in [0.29, 0.717) is 17.1 Å². The van der Waals surface area contributed by atoms with E-state index >= 15 is 0 Å². The quantitative estimate of drug-likeness (QED) is 0.777. The summed E-state index contributed by atoms with van der Waals surface area (Å²) in [6.07, 6.45) is 0.821. The van der Waals surface area contributed by atoms with Crippen molar-refractivity contribution in [1.29, 1.82) is 0 Å². The van der Waals surface area contributed by atoms with Gasteiger partial charge in [-0.3, -0.25) is 14.6 Å². The summed E-state index contributed by atoms with van der Waals surface area (Å²) in [7, 11) is 3.06. The lowest BCUT2D eigenvalue weighted by atomic mass is 9.98. The van der Waals surface area contributed by atoms with E-state index in [2.05, 4.69) is 15.6 Å². The van der Waals surface area contributed by atoms with Crippen LogP contribution < -0.4 is 20.1 Å². The molecule has 148 valence electrons. The lowest BCUT2D eigenvalue weighted by molar-refractivity contribution is -0.148. The second-order valence-electron chi connectivity index (χ2n) is 6.43. The smallest absolute Gasteiger partial charge is 0.251 e. The second kappa shape index (κ2) is 8.71. The molecule has 0 saturated carbocycles. The number of hydrogen-bond donors (Lipinski definition) is 2. The van der Waals surface area contributed by atoms with Crippen molar-refractivity contribution in [2.45, 2.75) is 25.6 Å². The van der Waals surface area contributed by atoms with E-state index in [4.69, 9.17) is 14.2 Å². The first-order valence-corrected chi connectivity index (χ1v) is 8.84. The van der Waals surface area contributed by atoms with Crippen LogP contribution >= 0.6 is 0 Å². The first-order valence-electron chi connectivity index (χ1n) is 8.84. The average molecular weight is 385 g/mol. The number of carbonyl (C=O) groups is 2. The summed E-state index contributed by atoms with van der Waals surface area (Å²) in [4.78, 5) is 28.9. The molecule has 1 aromatic carbocycles. The fourth-order valence-corrected chi connectivity index (χ4v) is 3.06. The van der Waals surface area contributed by atoms with Crippen LogP contribution in [0.15, 0.2) is 36.5 Å². The van der Waals surface area contributed by atoms with Crippen molar-refractivity contribution in [2.75, 3.05) is 20.8 Å². The minimum atomic E-state index is -0.874. The van der Waals surface area contributed by atoms with Gasteiger partial charge in [-0.25, -0.2) is 0 Å². The summed E-state index contributed by atoms with van der Waals surface area (Å²) in [6.45, 7) is 2.05. The van der Waals surface area contributed by atoms with Gasteiger partial charge in [-0.1, -0.05) is 6.07 Å². The van der Waals surface area contributed by atoms with Crippen molar-refractivity contribution in [3.05, 3.63) is 53.3 Å². The number of nitrogens with one attached hydrogen (secondary N) is 2. The fourth-order valence-electron chi connectivity index (χ4n) is 3.06. The van der Waals surface area contributed by atoms with E-state index in [1.54, 1.807) is 31.5 Å². The van der Waals surface area contributed by atoms with Crippen LogP contribution in [0.3, 0.4) is 0 Å². The van der Waals surface area contributed by atoms with Crippen LogP contribution in [-0.2, 0) is 20.9 Å². The predicted molar refractivity (Wildman–Crippen MR) is 101 cm³/mol. The zero-order chi connectivity index (χ0) is 20.1. The Kier molecular flexibility index (Phi) is 6.10. The van der Waals surface area contributed by atoms with E-state index in [0.717, 1.165) is 11.3 Å². The number of aryl methyl sites for hydroxylation is 1. The van der Waals surface area contributed by atoms with Crippen LogP contribution in [0, 0.1) is 6.92 Å². The van der Waals surface area contributed by atoms with Gasteiger partial charge in [0.25, 0.3) is 5.91 Å². The lowest BCUT2D eigenvalue weighted by Gasteiger charge is -2.32. The summed E-state index contributed by atoms with van der Waals surface area (Å²) in [5.74, 6) is 0.441. The van der Waals surface area contributed by atoms with Gasteiger partial charge < -0.3 is 24.8 Å². The molecule has 0 radical (unpaired) electrons. The highest BCUT2D eigenvalue weighted by Crippen LogP contribution is 2.32. The van der Waals surface area contributed by atoms with Gasteiger partial charge in [-0.15, -0.1) is 0 Å². The maximum absolute atomic E-state index is 12.8. The molecule has 3 rings (SSSR count). The third kappa shape index (κ3) is 4.40. The zero-order valence-electron chi connectivity index (χ0n) is 16.0. The number of amides is 2. The Morgan fingerprint density at radius 1 is 1.25 bits per heavy atom. The number of nitrogens with zero attached hydrogens (tertiary/aromatic N) is 1. The molecule has 8 nitrogen and oxygen atoms in total. The number of hydrogen-bond acceptors (Lipinski definition) is 6. The van der Waals surface area contributed by atoms with Crippen molar-refractivity contribution in [3.63, 3.8) is 0 Å². The van der Waals surface area contributed by atoms with Crippen molar-refractivity contribution in [1.82, 2.24) is 15.6 Å². The molecule has 2 atom stereocenters. The minimum absolute atomic E-state index is 0.176. The molecular weight excluding hydrogens is 362 g/mol. The van der Waals surface area contributed by atoms with Crippen LogP contribution in [-0.4, -0.2) is 43.7 Å². The van der Waals surface area contributed by atoms with E-state index in [9.17, 15) is 9.59 Å². The van der Waals surface area contributed by atoms with E-state index < -0.39 is 12.1 Å². The Balaban J connectivity index is 1.78. The van der Waals surface area contributed by atoms with Crippen LogP contribution in [0.2, 0.25) is 0 Å². The van der Waals surface area contributed by atoms with Crippen LogP contribution in [0.5, 0.6) is 11.5 Å². The van der Waals surface area contributed by atoms with Crippen molar-refractivity contribution < 1.29 is 23.8 Å². The lowest BCUT2D eigenvalue weighted by Crippen LogP contribution is -2.52. The number of ether oxygens (including phenoxy) is 3. The van der Waals surface area contributed by atoms with Gasteiger partial charge >= 0.3 is 0 Å². The van der Waals surface area contributed by atoms with Crippen LogP contribution in [0.25, 0.3) is 0 Å². The number of aromatic nitrogens is 1.